The molecule has 0 unspecified atom stereocenters. The first-order valence-corrected chi connectivity index (χ1v) is 5.55. The Morgan fingerprint density at radius 1 is 1.35 bits per heavy atom. The second-order valence-electron chi connectivity index (χ2n) is 4.11. The Balaban J connectivity index is 2.54. The highest BCUT2D eigenvalue weighted by atomic mass is 16.4. The second-order valence-corrected chi connectivity index (χ2v) is 4.11. The molecule has 0 saturated carbocycles. The number of aliphatic hydroxyl groups excluding tert-OH is 1. The molecule has 4 N–H and O–H groups in total. The van der Waals surface area contributed by atoms with Gasteiger partial charge in [0.05, 0.1) is 16.9 Å². The molecule has 8 nitrogen and oxygen atoms in total. The number of benzene rings is 1. The van der Waals surface area contributed by atoms with Gasteiger partial charge in [0.15, 0.2) is 0 Å². The van der Waals surface area contributed by atoms with Crippen LogP contribution in [-0.2, 0) is 0 Å². The average molecular weight is 272 g/mol. The lowest BCUT2D eigenvalue weighted by atomic mass is 10.1. The van der Waals surface area contributed by atoms with Crippen molar-refractivity contribution >= 4 is 39.7 Å². The molecule has 100 valence electrons. The van der Waals surface area contributed by atoms with Crippen LogP contribution in [0.3, 0.4) is 0 Å². The van der Waals surface area contributed by atoms with E-state index in [4.69, 9.17) is 5.11 Å². The van der Waals surface area contributed by atoms with Crippen molar-refractivity contribution < 1.29 is 15.0 Å². The molecular weight excluding hydrogens is 264 g/mol. The van der Waals surface area contributed by atoms with Crippen molar-refractivity contribution in [2.24, 2.45) is 0 Å². The number of aromatic nitrogens is 3. The van der Waals surface area contributed by atoms with Gasteiger partial charge in [-0.2, -0.15) is 5.10 Å². The SMILES string of the molecule is O=C(O)Nc1cc2[nH]/c(=C/O)c3cnnc(=O)c(c1)c23. The number of rotatable bonds is 1. The molecule has 0 bridgehead atoms. The number of nitrogens with zero attached hydrogens (tertiary/aromatic N) is 2. The van der Waals surface area contributed by atoms with E-state index in [-0.39, 0.29) is 11.1 Å². The molecule has 2 heterocycles. The number of nitrogens with one attached hydrogen (secondary N) is 2. The third kappa shape index (κ3) is 1.70. The summed E-state index contributed by atoms with van der Waals surface area (Å²) in [5.41, 5.74) is 0.142. The van der Waals surface area contributed by atoms with Gasteiger partial charge in [-0.3, -0.25) is 10.1 Å². The van der Waals surface area contributed by atoms with Crippen molar-refractivity contribution in [3.63, 3.8) is 0 Å². The minimum atomic E-state index is -1.24. The van der Waals surface area contributed by atoms with E-state index >= 15 is 0 Å². The molecule has 0 aliphatic rings. The van der Waals surface area contributed by atoms with E-state index in [1.165, 1.54) is 18.3 Å². The van der Waals surface area contributed by atoms with E-state index in [2.05, 4.69) is 20.5 Å². The van der Waals surface area contributed by atoms with Gasteiger partial charge in [-0.15, -0.1) is 5.10 Å². The Morgan fingerprint density at radius 3 is 2.85 bits per heavy atom. The largest absolute Gasteiger partial charge is 0.513 e. The first-order chi connectivity index (χ1) is 9.60. The van der Waals surface area contributed by atoms with Crippen LogP contribution in [0, 0.1) is 0 Å². The standard InChI is InChI=1S/C12H8N4O4/c17-4-9-7-3-13-16-11(18)6-1-5(14-12(19)20)2-8(15-9)10(6)7/h1-4,14-15,17H,(H,19,20)/b9-4+. The predicted octanol–water partition coefficient (Wildman–Crippen LogP) is 0.576. The van der Waals surface area contributed by atoms with Crippen molar-refractivity contribution in [3.05, 3.63) is 34.0 Å². The second kappa shape index (κ2) is 4.19. The molecule has 0 aliphatic carbocycles. The lowest BCUT2D eigenvalue weighted by molar-refractivity contribution is 0.210. The molecule has 0 fully saturated rings. The molecule has 20 heavy (non-hydrogen) atoms. The summed E-state index contributed by atoms with van der Waals surface area (Å²) in [4.78, 5) is 25.5. The van der Waals surface area contributed by atoms with E-state index in [0.29, 0.717) is 21.6 Å². The summed E-state index contributed by atoms with van der Waals surface area (Å²) in [6.45, 7) is 0. The molecule has 0 saturated heterocycles. The number of hydrogen-bond acceptors (Lipinski definition) is 5. The van der Waals surface area contributed by atoms with Crippen LogP contribution in [-0.4, -0.2) is 31.5 Å². The van der Waals surface area contributed by atoms with E-state index in [0.717, 1.165) is 6.26 Å². The van der Waals surface area contributed by atoms with Gasteiger partial charge in [0.1, 0.15) is 6.26 Å². The van der Waals surface area contributed by atoms with Gasteiger partial charge in [-0.1, -0.05) is 0 Å². The highest BCUT2D eigenvalue weighted by Crippen LogP contribution is 2.24. The summed E-state index contributed by atoms with van der Waals surface area (Å²) in [6.07, 6.45) is 0.969. The van der Waals surface area contributed by atoms with Gasteiger partial charge in [-0.05, 0) is 12.1 Å². The summed E-state index contributed by atoms with van der Waals surface area (Å²) in [5, 5.41) is 28.8. The fourth-order valence-corrected chi connectivity index (χ4v) is 2.17. The van der Waals surface area contributed by atoms with E-state index in [1.54, 1.807) is 0 Å². The van der Waals surface area contributed by atoms with Gasteiger partial charge < -0.3 is 15.2 Å². The van der Waals surface area contributed by atoms with Crippen LogP contribution in [0.15, 0.2) is 23.1 Å². The number of aromatic amines is 1. The number of amides is 1. The fraction of sp³-hybridized carbons (Fsp3) is 0. The Morgan fingerprint density at radius 2 is 2.15 bits per heavy atom. The maximum Gasteiger partial charge on any atom is 0.409 e. The summed E-state index contributed by atoms with van der Waals surface area (Å²) in [5.74, 6) is 0. The molecule has 1 aromatic carbocycles. The molecule has 3 rings (SSSR count). The van der Waals surface area contributed by atoms with Crippen LogP contribution >= 0.6 is 0 Å². The highest BCUT2D eigenvalue weighted by Gasteiger charge is 2.11. The summed E-state index contributed by atoms with van der Waals surface area (Å²) in [6, 6.07) is 2.91. The number of carbonyl (C=O) groups is 1. The molecule has 8 heteroatoms. The molecule has 3 aromatic rings. The quantitative estimate of drug-likeness (QED) is 0.513. The smallest absolute Gasteiger partial charge is 0.409 e. The normalized spacial score (nSPS) is 12.1. The number of hydrogen-bond donors (Lipinski definition) is 4. The number of aliphatic hydroxyl groups is 1. The van der Waals surface area contributed by atoms with Crippen LogP contribution in [0.2, 0.25) is 0 Å². The van der Waals surface area contributed by atoms with E-state index < -0.39 is 11.7 Å². The molecule has 0 radical (unpaired) electrons. The first-order valence-electron chi connectivity index (χ1n) is 5.55. The Labute approximate surface area is 110 Å². The van der Waals surface area contributed by atoms with Crippen molar-refractivity contribution in [1.29, 1.82) is 0 Å². The minimum absolute atomic E-state index is 0.211. The van der Waals surface area contributed by atoms with Crippen molar-refractivity contribution in [2.75, 3.05) is 5.32 Å². The zero-order chi connectivity index (χ0) is 14.3. The topological polar surface area (TPSA) is 128 Å². The molecular formula is C12H8N4O4. The monoisotopic (exact) mass is 272 g/mol. The Kier molecular flexibility index (Phi) is 2.50. The van der Waals surface area contributed by atoms with E-state index in [1.807, 2.05) is 0 Å². The van der Waals surface area contributed by atoms with Crippen LogP contribution in [0.25, 0.3) is 27.9 Å². The average Bonchev–Trinajstić information content (AvgIpc) is 2.65. The van der Waals surface area contributed by atoms with Crippen LogP contribution in [0.5, 0.6) is 0 Å². The fourth-order valence-electron chi connectivity index (χ4n) is 2.17. The third-order valence-electron chi connectivity index (χ3n) is 2.91. The van der Waals surface area contributed by atoms with Gasteiger partial charge >= 0.3 is 6.09 Å². The van der Waals surface area contributed by atoms with Crippen LogP contribution in [0.4, 0.5) is 10.5 Å². The zero-order valence-corrected chi connectivity index (χ0v) is 9.91. The molecule has 0 atom stereocenters. The van der Waals surface area contributed by atoms with Crippen LogP contribution in [0.1, 0.15) is 0 Å². The molecule has 0 spiro atoms. The lowest BCUT2D eigenvalue weighted by Gasteiger charge is -2.01. The summed E-state index contributed by atoms with van der Waals surface area (Å²) < 4.78 is 0. The maximum atomic E-state index is 11.9. The first kappa shape index (κ1) is 11.9. The van der Waals surface area contributed by atoms with Gasteiger partial charge in [-0.25, -0.2) is 4.79 Å². The number of carboxylic acid groups (broad SMARTS) is 1. The van der Waals surface area contributed by atoms with Crippen molar-refractivity contribution in [2.45, 2.75) is 0 Å². The third-order valence-corrected chi connectivity index (χ3v) is 2.91. The van der Waals surface area contributed by atoms with Gasteiger partial charge in [0, 0.05) is 22.0 Å². The highest BCUT2D eigenvalue weighted by molar-refractivity contribution is 6.10. The van der Waals surface area contributed by atoms with Crippen molar-refractivity contribution in [1.82, 2.24) is 15.2 Å². The maximum absolute atomic E-state index is 11.9. The summed E-state index contributed by atoms with van der Waals surface area (Å²) >= 11 is 0. The molecule has 1 amide bonds. The number of H-pyrrole nitrogens is 1. The molecule has 2 aromatic heterocycles. The minimum Gasteiger partial charge on any atom is -0.513 e. The van der Waals surface area contributed by atoms with Gasteiger partial charge in [0.25, 0.3) is 5.56 Å². The molecule has 0 aliphatic heterocycles. The van der Waals surface area contributed by atoms with Gasteiger partial charge in [0.2, 0.25) is 0 Å². The summed E-state index contributed by atoms with van der Waals surface area (Å²) in [7, 11) is 0. The lowest BCUT2D eigenvalue weighted by Crippen LogP contribution is -2.09. The Hall–Kier alpha value is -3.16. The predicted molar refractivity (Wildman–Crippen MR) is 71.6 cm³/mol. The number of anilines is 1. The van der Waals surface area contributed by atoms with Crippen LogP contribution < -0.4 is 16.2 Å². The Bertz CT molecular complexity index is 947. The van der Waals surface area contributed by atoms with E-state index in [9.17, 15) is 14.7 Å². The van der Waals surface area contributed by atoms with Crippen molar-refractivity contribution in [3.8, 4) is 0 Å². The zero-order valence-electron chi connectivity index (χ0n) is 9.91.